The second kappa shape index (κ2) is 11.8. The van der Waals surface area contributed by atoms with Gasteiger partial charge in [-0.25, -0.2) is 8.78 Å². The summed E-state index contributed by atoms with van der Waals surface area (Å²) in [6.45, 7) is 6.86. The van der Waals surface area contributed by atoms with Crippen molar-refractivity contribution in [2.75, 3.05) is 18.9 Å². The minimum absolute atomic E-state index is 0.0807. The van der Waals surface area contributed by atoms with Gasteiger partial charge in [-0.2, -0.15) is 0 Å². The Balaban J connectivity index is 0.000000283. The molecule has 2 atom stereocenters. The molecule has 0 spiro atoms. The van der Waals surface area contributed by atoms with Gasteiger partial charge in [0.15, 0.2) is 0 Å². The van der Waals surface area contributed by atoms with Gasteiger partial charge in [0.2, 0.25) is 5.91 Å². The van der Waals surface area contributed by atoms with Crippen LogP contribution in [0.5, 0.6) is 0 Å². The van der Waals surface area contributed by atoms with Gasteiger partial charge >= 0.3 is 0 Å². The molecule has 1 aliphatic heterocycles. The third kappa shape index (κ3) is 8.23. The maximum absolute atomic E-state index is 12.8. The lowest BCUT2D eigenvalue weighted by Crippen LogP contribution is -2.40. The molecule has 0 bridgehead atoms. The van der Waals surface area contributed by atoms with Gasteiger partial charge in [0.05, 0.1) is 29.6 Å². The van der Waals surface area contributed by atoms with Crippen LogP contribution in [0.3, 0.4) is 0 Å². The SMILES string of the molecule is CN=C(/C=C(\C)C(C)(F)F)C1CC1.[B]C([B])([B])Nc1cccc([C@@H]2[C@H](N)CCN2C(=O)CC)c1C. The number of anilines is 1. The molecule has 6 radical (unpaired) electrons. The number of hydrogen-bond acceptors (Lipinski definition) is 4. The standard InChI is InChI=1S/C15H20B3N3O.C10H15F2N/c1-3-13(22)21-8-7-11(19)14(21)10-5-4-6-12(9(10)2)20-15(16,17)18;1-7(10(2,11)12)6-9(13-3)8-4-5-8/h4-6,11,14,20H,3,7-8,19H2,1-2H3;6,8H,4-5H2,1-3H3/b;7-6+,13-9?/t11-,14-;/m1./s1. The number of rotatable bonds is 7. The predicted molar refractivity (Wildman–Crippen MR) is 143 cm³/mol. The summed E-state index contributed by atoms with van der Waals surface area (Å²) in [6, 6.07) is 5.51. The maximum atomic E-state index is 12.8. The van der Waals surface area contributed by atoms with Gasteiger partial charge in [0.25, 0.3) is 5.92 Å². The molecule has 10 heteroatoms. The van der Waals surface area contributed by atoms with Crippen molar-refractivity contribution in [3.63, 3.8) is 0 Å². The zero-order valence-electron chi connectivity index (χ0n) is 21.4. The molecule has 0 aromatic heterocycles. The van der Waals surface area contributed by atoms with Crippen LogP contribution in [-0.2, 0) is 4.79 Å². The number of likely N-dealkylation sites (tertiary alicyclic amines) is 1. The number of carbonyl (C=O) groups is 1. The van der Waals surface area contributed by atoms with Gasteiger partial charge < -0.3 is 16.0 Å². The van der Waals surface area contributed by atoms with Crippen LogP contribution in [0.4, 0.5) is 14.5 Å². The molecule has 1 aromatic carbocycles. The fraction of sp³-hybridized carbons (Fsp3) is 0.600. The van der Waals surface area contributed by atoms with E-state index in [-0.39, 0.29) is 23.6 Å². The molecule has 35 heavy (non-hydrogen) atoms. The number of alkyl halides is 2. The van der Waals surface area contributed by atoms with Crippen molar-refractivity contribution in [3.05, 3.63) is 41.0 Å². The molecule has 1 saturated heterocycles. The third-order valence-electron chi connectivity index (χ3n) is 6.42. The number of halogens is 2. The first-order valence-corrected chi connectivity index (χ1v) is 12.0. The highest BCUT2D eigenvalue weighted by Crippen LogP contribution is 2.36. The van der Waals surface area contributed by atoms with E-state index in [1.807, 2.05) is 36.9 Å². The summed E-state index contributed by atoms with van der Waals surface area (Å²) in [7, 11) is 18.5. The zero-order chi connectivity index (χ0) is 26.6. The number of benzene rings is 1. The number of hydrogen-bond donors (Lipinski definition) is 2. The summed E-state index contributed by atoms with van der Waals surface area (Å²) in [5, 5.41) is 1.38. The van der Waals surface area contributed by atoms with E-state index in [9.17, 15) is 13.6 Å². The van der Waals surface area contributed by atoms with Crippen LogP contribution in [0.2, 0.25) is 0 Å². The topological polar surface area (TPSA) is 70.7 Å². The summed E-state index contributed by atoms with van der Waals surface area (Å²) in [5.41, 5.74) is 9.86. The van der Waals surface area contributed by atoms with E-state index in [4.69, 9.17) is 29.3 Å². The Labute approximate surface area is 212 Å². The fourth-order valence-corrected chi connectivity index (χ4v) is 4.13. The van der Waals surface area contributed by atoms with Crippen LogP contribution in [0.15, 0.2) is 34.8 Å². The quantitative estimate of drug-likeness (QED) is 0.465. The Morgan fingerprint density at radius 3 is 2.40 bits per heavy atom. The van der Waals surface area contributed by atoms with Crippen molar-refractivity contribution in [1.29, 1.82) is 0 Å². The van der Waals surface area contributed by atoms with Crippen molar-refractivity contribution in [3.8, 4) is 0 Å². The van der Waals surface area contributed by atoms with Crippen molar-refractivity contribution in [1.82, 2.24) is 4.90 Å². The van der Waals surface area contributed by atoms with Crippen LogP contribution in [0.25, 0.3) is 0 Å². The first-order valence-electron chi connectivity index (χ1n) is 12.0. The Hall–Kier alpha value is -2.09. The van der Waals surface area contributed by atoms with E-state index in [2.05, 4.69) is 10.3 Å². The monoisotopic (exact) mass is 478 g/mol. The molecule has 184 valence electrons. The minimum atomic E-state index is -2.72. The normalized spacial score (nSPS) is 21.4. The summed E-state index contributed by atoms with van der Waals surface area (Å²) >= 11 is 0. The lowest BCUT2D eigenvalue weighted by Gasteiger charge is -2.31. The Morgan fingerprint density at radius 1 is 1.29 bits per heavy atom. The van der Waals surface area contributed by atoms with E-state index < -0.39 is 11.2 Å². The highest BCUT2D eigenvalue weighted by atomic mass is 19.3. The van der Waals surface area contributed by atoms with Gasteiger partial charge in [0.1, 0.15) is 0 Å². The molecule has 5 nitrogen and oxygen atoms in total. The highest BCUT2D eigenvalue weighted by Gasteiger charge is 2.36. The molecule has 3 N–H and O–H groups in total. The smallest absolute Gasteiger partial charge is 0.266 e. The number of amides is 1. The highest BCUT2D eigenvalue weighted by molar-refractivity contribution is 6.60. The van der Waals surface area contributed by atoms with E-state index in [0.29, 0.717) is 18.9 Å². The first kappa shape index (κ1) is 29.1. The molecule has 2 fully saturated rings. The van der Waals surface area contributed by atoms with Crippen LogP contribution >= 0.6 is 0 Å². The van der Waals surface area contributed by atoms with Crippen molar-refractivity contribution >= 4 is 40.8 Å². The maximum Gasteiger partial charge on any atom is 0.266 e. The van der Waals surface area contributed by atoms with E-state index in [1.54, 1.807) is 7.05 Å². The summed E-state index contributed by atoms with van der Waals surface area (Å²) in [6.07, 6.45) is 4.97. The fourth-order valence-electron chi connectivity index (χ4n) is 4.13. The summed E-state index contributed by atoms with van der Waals surface area (Å²) < 4.78 is 25.5. The molecule has 1 saturated carbocycles. The molecule has 1 amide bonds. The first-order chi connectivity index (χ1) is 16.2. The van der Waals surface area contributed by atoms with E-state index in [0.717, 1.165) is 48.7 Å². The minimum Gasteiger partial charge on any atom is -0.405 e. The lowest BCUT2D eigenvalue weighted by molar-refractivity contribution is -0.131. The van der Waals surface area contributed by atoms with Crippen LogP contribution in [-0.4, -0.2) is 70.9 Å². The third-order valence-corrected chi connectivity index (χ3v) is 6.42. The molecule has 1 aromatic rings. The number of carbonyl (C=O) groups excluding carboxylic acids is 1. The van der Waals surface area contributed by atoms with Crippen LogP contribution in [0.1, 0.15) is 63.6 Å². The molecule has 1 heterocycles. The molecule has 0 unspecified atom stereocenters. The Morgan fingerprint density at radius 2 is 1.91 bits per heavy atom. The van der Waals surface area contributed by atoms with Crippen LogP contribution in [0, 0.1) is 12.8 Å². The second-order valence-electron chi connectivity index (χ2n) is 9.55. The average Bonchev–Trinajstić information content (AvgIpc) is 3.53. The van der Waals surface area contributed by atoms with Crippen molar-refractivity contribution < 1.29 is 13.6 Å². The van der Waals surface area contributed by atoms with Gasteiger partial charge in [-0.15, -0.1) is 0 Å². The largest absolute Gasteiger partial charge is 0.405 e. The van der Waals surface area contributed by atoms with Crippen molar-refractivity contribution in [2.45, 2.75) is 76.6 Å². The average molecular weight is 478 g/mol. The molecule has 3 rings (SSSR count). The Kier molecular flexibility index (Phi) is 9.80. The van der Waals surface area contributed by atoms with E-state index in [1.165, 1.54) is 13.0 Å². The summed E-state index contributed by atoms with van der Waals surface area (Å²) in [4.78, 5) is 18.0. The summed E-state index contributed by atoms with van der Waals surface area (Å²) in [5.74, 6) is -2.17. The van der Waals surface area contributed by atoms with E-state index >= 15 is 0 Å². The molecule has 1 aliphatic carbocycles. The molecule has 2 aliphatic rings. The predicted octanol–water partition coefficient (Wildman–Crippen LogP) is 3.60. The molecular formula is C25H35B3F2N4O. The number of nitrogens with two attached hydrogens (primary N) is 1. The zero-order valence-corrected chi connectivity index (χ0v) is 21.4. The van der Waals surface area contributed by atoms with Gasteiger partial charge in [0, 0.05) is 50.3 Å². The van der Waals surface area contributed by atoms with Gasteiger partial charge in [-0.05, 0) is 62.0 Å². The van der Waals surface area contributed by atoms with Gasteiger partial charge in [-0.1, -0.05) is 24.3 Å². The second-order valence-corrected chi connectivity index (χ2v) is 9.55. The number of nitrogens with zero attached hydrogens (tertiary/aromatic N) is 2. The Bertz CT molecular complexity index is 953. The number of allylic oxidation sites excluding steroid dienone is 2. The number of aliphatic imine (C=N–C) groups is 1. The van der Waals surface area contributed by atoms with Gasteiger partial charge in [-0.3, -0.25) is 9.79 Å². The number of nitrogens with one attached hydrogen (secondary N) is 1. The van der Waals surface area contributed by atoms with Crippen molar-refractivity contribution in [2.24, 2.45) is 16.6 Å². The van der Waals surface area contributed by atoms with Crippen LogP contribution < -0.4 is 11.1 Å². The lowest BCUT2D eigenvalue weighted by atomic mass is 9.49. The molecular weight excluding hydrogens is 443 g/mol.